The van der Waals surface area contributed by atoms with Crippen molar-refractivity contribution in [2.45, 2.75) is 44.2 Å². The SMILES string of the molecule is CN1CCc2cc(NC(=O)C3(NC(=O)c4ccc(Cl)s4)CCOC3)ccc2CC1(C)C. The summed E-state index contributed by atoms with van der Waals surface area (Å²) in [5.74, 6) is -0.572. The van der Waals surface area contributed by atoms with E-state index in [0.29, 0.717) is 22.2 Å². The van der Waals surface area contributed by atoms with Crippen LogP contribution in [0.5, 0.6) is 0 Å². The van der Waals surface area contributed by atoms with Crippen LogP contribution in [0.25, 0.3) is 0 Å². The van der Waals surface area contributed by atoms with E-state index in [1.54, 1.807) is 12.1 Å². The van der Waals surface area contributed by atoms with E-state index in [4.69, 9.17) is 16.3 Å². The third kappa shape index (κ3) is 4.65. The van der Waals surface area contributed by atoms with E-state index in [0.717, 1.165) is 25.1 Å². The van der Waals surface area contributed by atoms with Gasteiger partial charge in [-0.2, -0.15) is 0 Å². The van der Waals surface area contributed by atoms with Crippen LogP contribution >= 0.6 is 22.9 Å². The lowest BCUT2D eigenvalue weighted by Crippen LogP contribution is -2.57. The molecule has 1 unspecified atom stereocenters. The van der Waals surface area contributed by atoms with Crippen LogP contribution in [-0.4, -0.2) is 54.6 Å². The molecule has 2 aromatic rings. The van der Waals surface area contributed by atoms with Gasteiger partial charge in [0.15, 0.2) is 0 Å². The zero-order valence-electron chi connectivity index (χ0n) is 18.1. The molecule has 1 fully saturated rings. The normalized spacial score (nSPS) is 23.1. The number of fused-ring (bicyclic) bond motifs is 1. The fourth-order valence-electron chi connectivity index (χ4n) is 4.17. The summed E-state index contributed by atoms with van der Waals surface area (Å²) >= 11 is 7.14. The summed E-state index contributed by atoms with van der Waals surface area (Å²) in [6.07, 6.45) is 2.32. The van der Waals surface area contributed by atoms with Crippen LogP contribution in [0.15, 0.2) is 30.3 Å². The van der Waals surface area contributed by atoms with Crippen molar-refractivity contribution in [2.75, 3.05) is 32.1 Å². The highest BCUT2D eigenvalue weighted by atomic mass is 35.5. The molecule has 1 aromatic heterocycles. The Morgan fingerprint density at radius 2 is 2.00 bits per heavy atom. The summed E-state index contributed by atoms with van der Waals surface area (Å²) in [4.78, 5) is 28.8. The topological polar surface area (TPSA) is 70.7 Å². The number of nitrogens with zero attached hydrogens (tertiary/aromatic N) is 1. The first-order valence-corrected chi connectivity index (χ1v) is 11.7. The number of anilines is 1. The van der Waals surface area contributed by atoms with Crippen LogP contribution in [0.4, 0.5) is 5.69 Å². The second-order valence-electron chi connectivity index (χ2n) is 9.04. The smallest absolute Gasteiger partial charge is 0.262 e. The number of hydrogen-bond donors (Lipinski definition) is 2. The summed E-state index contributed by atoms with van der Waals surface area (Å²) in [5, 5.41) is 5.92. The van der Waals surface area contributed by atoms with Crippen LogP contribution in [0.2, 0.25) is 4.34 Å². The minimum absolute atomic E-state index is 0.0935. The molecule has 1 saturated heterocycles. The summed E-state index contributed by atoms with van der Waals surface area (Å²) < 4.78 is 6.03. The Kier molecular flexibility index (Phi) is 6.14. The van der Waals surface area contributed by atoms with Gasteiger partial charge in [-0.25, -0.2) is 0 Å². The van der Waals surface area contributed by atoms with Gasteiger partial charge in [0.1, 0.15) is 5.54 Å². The monoisotopic (exact) mass is 461 g/mol. The van der Waals surface area contributed by atoms with Crippen molar-refractivity contribution in [3.8, 4) is 0 Å². The predicted molar refractivity (Wildman–Crippen MR) is 124 cm³/mol. The zero-order chi connectivity index (χ0) is 22.2. The zero-order valence-corrected chi connectivity index (χ0v) is 19.7. The van der Waals surface area contributed by atoms with E-state index in [2.05, 4.69) is 48.6 Å². The van der Waals surface area contributed by atoms with E-state index in [-0.39, 0.29) is 24.0 Å². The molecule has 0 radical (unpaired) electrons. The Labute approximate surface area is 191 Å². The second kappa shape index (κ2) is 8.54. The number of likely N-dealkylation sites (N-methyl/N-ethyl adjacent to an activating group) is 1. The number of carbonyl (C=O) groups is 2. The number of rotatable bonds is 4. The molecule has 1 atom stereocenters. The number of amides is 2. The van der Waals surface area contributed by atoms with Crippen LogP contribution in [0, 0.1) is 0 Å². The van der Waals surface area contributed by atoms with Crippen molar-refractivity contribution in [1.82, 2.24) is 10.2 Å². The molecule has 0 aliphatic carbocycles. The standard InChI is InChI=1S/C23H28ClN3O3S/c1-22(2)13-16-4-5-17(12-15(16)8-10-27(22)3)25-21(29)23(9-11-30-14-23)26-20(28)18-6-7-19(24)31-18/h4-7,12H,8-11,13-14H2,1-3H3,(H,25,29)(H,26,28). The van der Waals surface area contributed by atoms with E-state index >= 15 is 0 Å². The molecule has 0 bridgehead atoms. The van der Waals surface area contributed by atoms with E-state index in [1.807, 2.05) is 6.07 Å². The molecule has 8 heteroatoms. The molecule has 2 amide bonds. The van der Waals surface area contributed by atoms with Gasteiger partial charge >= 0.3 is 0 Å². The first-order valence-electron chi connectivity index (χ1n) is 10.5. The molecule has 0 spiro atoms. The van der Waals surface area contributed by atoms with E-state index in [1.165, 1.54) is 22.5 Å². The molecule has 3 heterocycles. The van der Waals surface area contributed by atoms with Crippen molar-refractivity contribution in [1.29, 1.82) is 0 Å². The molecule has 2 aliphatic heterocycles. The number of nitrogens with one attached hydrogen (secondary N) is 2. The van der Waals surface area contributed by atoms with Gasteiger partial charge in [0.05, 0.1) is 15.8 Å². The Morgan fingerprint density at radius 3 is 2.68 bits per heavy atom. The molecular weight excluding hydrogens is 434 g/mol. The second-order valence-corrected chi connectivity index (χ2v) is 10.8. The first kappa shape index (κ1) is 22.3. The van der Waals surface area contributed by atoms with E-state index < -0.39 is 5.54 Å². The van der Waals surface area contributed by atoms with Crippen molar-refractivity contribution in [2.24, 2.45) is 0 Å². The molecule has 2 aliphatic rings. The summed E-state index contributed by atoms with van der Waals surface area (Å²) in [6, 6.07) is 9.45. The molecule has 6 nitrogen and oxygen atoms in total. The summed E-state index contributed by atoms with van der Waals surface area (Å²) in [5.41, 5.74) is 2.31. The number of carbonyl (C=O) groups excluding carboxylic acids is 2. The van der Waals surface area contributed by atoms with Crippen LogP contribution < -0.4 is 10.6 Å². The average molecular weight is 462 g/mol. The van der Waals surface area contributed by atoms with Crippen molar-refractivity contribution < 1.29 is 14.3 Å². The Balaban J connectivity index is 1.51. The predicted octanol–water partition coefficient (Wildman–Crippen LogP) is 3.74. The molecule has 166 valence electrons. The molecule has 0 saturated carbocycles. The van der Waals surface area contributed by atoms with Crippen LogP contribution in [-0.2, 0) is 22.4 Å². The Hall–Kier alpha value is -1.93. The largest absolute Gasteiger partial charge is 0.378 e. The van der Waals surface area contributed by atoms with Gasteiger partial charge in [-0.1, -0.05) is 17.7 Å². The minimum atomic E-state index is -1.09. The lowest BCUT2D eigenvalue weighted by atomic mass is 9.92. The maximum absolute atomic E-state index is 13.3. The number of halogens is 1. The van der Waals surface area contributed by atoms with Gasteiger partial charge in [-0.15, -0.1) is 11.3 Å². The maximum Gasteiger partial charge on any atom is 0.262 e. The lowest BCUT2D eigenvalue weighted by molar-refractivity contribution is -0.122. The van der Waals surface area contributed by atoms with Gasteiger partial charge in [-0.05, 0) is 69.1 Å². The molecule has 31 heavy (non-hydrogen) atoms. The summed E-state index contributed by atoms with van der Waals surface area (Å²) in [6.45, 7) is 6.04. The van der Waals surface area contributed by atoms with Gasteiger partial charge in [0.2, 0.25) is 0 Å². The minimum Gasteiger partial charge on any atom is -0.378 e. The number of ether oxygens (including phenoxy) is 1. The Bertz CT molecular complexity index is 998. The molecule has 4 rings (SSSR count). The van der Waals surface area contributed by atoms with Gasteiger partial charge in [-0.3, -0.25) is 9.59 Å². The molecular formula is C23H28ClN3O3S. The number of thiophene rings is 1. The summed E-state index contributed by atoms with van der Waals surface area (Å²) in [7, 11) is 2.15. The Morgan fingerprint density at radius 1 is 1.19 bits per heavy atom. The third-order valence-corrected chi connectivity index (χ3v) is 7.67. The van der Waals surface area contributed by atoms with Gasteiger partial charge < -0.3 is 20.3 Å². The third-order valence-electron chi connectivity index (χ3n) is 6.44. The van der Waals surface area contributed by atoms with Gasteiger partial charge in [0, 0.05) is 30.8 Å². The lowest BCUT2D eigenvalue weighted by Gasteiger charge is -2.33. The highest BCUT2D eigenvalue weighted by Gasteiger charge is 2.44. The highest BCUT2D eigenvalue weighted by molar-refractivity contribution is 7.18. The van der Waals surface area contributed by atoms with Crippen molar-refractivity contribution in [3.05, 3.63) is 50.7 Å². The van der Waals surface area contributed by atoms with Gasteiger partial charge in [0.25, 0.3) is 11.8 Å². The molecule has 2 N–H and O–H groups in total. The fraction of sp³-hybridized carbons (Fsp3) is 0.478. The number of hydrogen-bond acceptors (Lipinski definition) is 5. The average Bonchev–Trinajstić information content (AvgIpc) is 3.35. The quantitative estimate of drug-likeness (QED) is 0.727. The first-order chi connectivity index (χ1) is 14.7. The van der Waals surface area contributed by atoms with E-state index in [9.17, 15) is 9.59 Å². The maximum atomic E-state index is 13.3. The van der Waals surface area contributed by atoms with Crippen molar-refractivity contribution >= 4 is 40.4 Å². The highest BCUT2D eigenvalue weighted by Crippen LogP contribution is 2.29. The van der Waals surface area contributed by atoms with Crippen molar-refractivity contribution in [3.63, 3.8) is 0 Å². The van der Waals surface area contributed by atoms with Crippen LogP contribution in [0.3, 0.4) is 0 Å². The number of benzene rings is 1. The van der Waals surface area contributed by atoms with Crippen LogP contribution in [0.1, 0.15) is 41.1 Å². The fourth-order valence-corrected chi connectivity index (χ4v) is 5.10. The molecule has 1 aromatic carbocycles.